The fourth-order valence-electron chi connectivity index (χ4n) is 0.513. The molecule has 10 heavy (non-hydrogen) atoms. The van der Waals surface area contributed by atoms with Gasteiger partial charge in [0, 0.05) is 12.6 Å². The molecule has 0 aromatic heterocycles. The van der Waals surface area contributed by atoms with Crippen LogP contribution < -0.4 is 5.73 Å². The van der Waals surface area contributed by atoms with Crippen LogP contribution >= 0.6 is 0 Å². The normalized spacial score (nSPS) is 12.8. The van der Waals surface area contributed by atoms with Gasteiger partial charge in [-0.25, -0.2) is 0 Å². The van der Waals surface area contributed by atoms with Gasteiger partial charge in [-0.1, -0.05) is 19.1 Å². The minimum Gasteiger partial charge on any atom is -0.410 e. The second-order valence-electron chi connectivity index (χ2n) is 2.25. The number of hydrogen-bond donors (Lipinski definition) is 3. The van der Waals surface area contributed by atoms with Crippen LogP contribution in [0.3, 0.4) is 0 Å². The van der Waals surface area contributed by atoms with Crippen molar-refractivity contribution in [3.05, 3.63) is 12.2 Å². The number of allylic oxidation sites excluding steroid dienone is 1. The van der Waals surface area contributed by atoms with Crippen molar-refractivity contribution in [1.29, 1.82) is 0 Å². The first-order valence-corrected chi connectivity index (χ1v) is 5.73. The average Bonchev–Trinajstić information content (AvgIpc) is 1.89. The van der Waals surface area contributed by atoms with Crippen molar-refractivity contribution in [3.63, 3.8) is 0 Å². The lowest BCUT2D eigenvalue weighted by molar-refractivity contribution is 0.366. The third kappa shape index (κ3) is 4.69. The molecule has 0 heterocycles. The molecule has 0 fully saturated rings. The third-order valence-electron chi connectivity index (χ3n) is 1.31. The predicted octanol–water partition coefficient (Wildman–Crippen LogP) is -0.0520. The van der Waals surface area contributed by atoms with Gasteiger partial charge in [0.15, 0.2) is 0 Å². The summed E-state index contributed by atoms with van der Waals surface area (Å²) in [7, 11) is -2.86. The fourth-order valence-corrected chi connectivity index (χ4v) is 1.35. The molecule has 0 aliphatic carbocycles. The Labute approximate surface area is 62.4 Å². The summed E-state index contributed by atoms with van der Waals surface area (Å²) in [4.78, 5) is 18.3. The van der Waals surface area contributed by atoms with E-state index < -0.39 is 8.56 Å². The SMILES string of the molecule is CC[Si](O)(O)C/C=C/CN. The summed E-state index contributed by atoms with van der Waals surface area (Å²) in [5, 5.41) is 0. The van der Waals surface area contributed by atoms with E-state index in [1.54, 1.807) is 19.1 Å². The molecule has 0 amide bonds. The summed E-state index contributed by atoms with van der Waals surface area (Å²) in [5.41, 5.74) is 5.16. The van der Waals surface area contributed by atoms with Crippen LogP contribution in [0.1, 0.15) is 6.92 Å². The highest BCUT2D eigenvalue weighted by atomic mass is 28.4. The van der Waals surface area contributed by atoms with Crippen molar-refractivity contribution in [1.82, 2.24) is 0 Å². The van der Waals surface area contributed by atoms with Gasteiger partial charge >= 0.3 is 8.56 Å². The summed E-state index contributed by atoms with van der Waals surface area (Å²) in [5.74, 6) is 0. The van der Waals surface area contributed by atoms with Crippen LogP contribution in [0.25, 0.3) is 0 Å². The monoisotopic (exact) mass is 161 g/mol. The first-order chi connectivity index (χ1) is 4.62. The molecule has 3 nitrogen and oxygen atoms in total. The van der Waals surface area contributed by atoms with Gasteiger partial charge < -0.3 is 15.3 Å². The molecule has 0 aliphatic heterocycles. The molecule has 0 spiro atoms. The molecule has 0 bridgehead atoms. The second-order valence-corrected chi connectivity index (χ2v) is 5.33. The first-order valence-electron chi connectivity index (χ1n) is 3.42. The minimum absolute atomic E-state index is 0.390. The van der Waals surface area contributed by atoms with Crippen LogP contribution in [-0.2, 0) is 0 Å². The molecule has 0 aromatic carbocycles. The smallest absolute Gasteiger partial charge is 0.336 e. The van der Waals surface area contributed by atoms with Gasteiger partial charge in [-0.2, -0.15) is 0 Å². The Balaban J connectivity index is 3.56. The maximum Gasteiger partial charge on any atom is 0.336 e. The maximum atomic E-state index is 9.15. The van der Waals surface area contributed by atoms with E-state index in [1.807, 2.05) is 0 Å². The average molecular weight is 161 g/mol. The Morgan fingerprint density at radius 3 is 2.40 bits per heavy atom. The lowest BCUT2D eigenvalue weighted by Crippen LogP contribution is -2.32. The van der Waals surface area contributed by atoms with Crippen molar-refractivity contribution in [2.45, 2.75) is 19.0 Å². The Morgan fingerprint density at radius 2 is 2.00 bits per heavy atom. The van der Waals surface area contributed by atoms with Gasteiger partial charge in [0.25, 0.3) is 0 Å². The van der Waals surface area contributed by atoms with E-state index >= 15 is 0 Å². The largest absolute Gasteiger partial charge is 0.410 e. The molecule has 0 aliphatic rings. The molecule has 0 saturated carbocycles. The van der Waals surface area contributed by atoms with Gasteiger partial charge in [0.2, 0.25) is 0 Å². The van der Waals surface area contributed by atoms with E-state index in [4.69, 9.17) is 15.3 Å². The van der Waals surface area contributed by atoms with Gasteiger partial charge in [-0.05, 0) is 6.04 Å². The Kier molecular flexibility index (Phi) is 4.55. The quantitative estimate of drug-likeness (QED) is 0.400. The highest BCUT2D eigenvalue weighted by Crippen LogP contribution is 2.06. The van der Waals surface area contributed by atoms with E-state index in [2.05, 4.69) is 0 Å². The van der Waals surface area contributed by atoms with Crippen LogP contribution in [0.4, 0.5) is 0 Å². The lowest BCUT2D eigenvalue weighted by Gasteiger charge is -2.11. The summed E-state index contributed by atoms with van der Waals surface area (Å²) in [6.45, 7) is 2.25. The van der Waals surface area contributed by atoms with Crippen LogP contribution in [0.15, 0.2) is 12.2 Å². The van der Waals surface area contributed by atoms with Crippen LogP contribution in [0, 0.1) is 0 Å². The summed E-state index contributed by atoms with van der Waals surface area (Å²) >= 11 is 0. The molecular formula is C6H15NO2Si. The van der Waals surface area contributed by atoms with E-state index in [-0.39, 0.29) is 0 Å². The van der Waals surface area contributed by atoms with Gasteiger partial charge in [0.1, 0.15) is 0 Å². The fraction of sp³-hybridized carbons (Fsp3) is 0.667. The van der Waals surface area contributed by atoms with Crippen molar-refractivity contribution >= 4 is 8.56 Å². The third-order valence-corrected chi connectivity index (χ3v) is 3.34. The van der Waals surface area contributed by atoms with E-state index in [9.17, 15) is 0 Å². The van der Waals surface area contributed by atoms with Crippen LogP contribution in [0.2, 0.25) is 12.1 Å². The molecule has 4 N–H and O–H groups in total. The predicted molar refractivity (Wildman–Crippen MR) is 43.7 cm³/mol. The molecular weight excluding hydrogens is 146 g/mol. The number of rotatable bonds is 4. The van der Waals surface area contributed by atoms with Crippen molar-refractivity contribution < 1.29 is 9.59 Å². The topological polar surface area (TPSA) is 66.5 Å². The highest BCUT2D eigenvalue weighted by molar-refractivity contribution is 6.65. The molecule has 0 rings (SSSR count). The van der Waals surface area contributed by atoms with Crippen LogP contribution in [-0.4, -0.2) is 24.7 Å². The Bertz CT molecular complexity index is 114. The first kappa shape index (κ1) is 9.84. The molecule has 0 unspecified atom stereocenters. The number of hydrogen-bond acceptors (Lipinski definition) is 3. The van der Waals surface area contributed by atoms with Crippen LogP contribution in [0.5, 0.6) is 0 Å². The summed E-state index contributed by atoms with van der Waals surface area (Å²) in [6.07, 6.45) is 3.47. The molecule has 60 valence electrons. The van der Waals surface area contributed by atoms with Crippen molar-refractivity contribution in [2.75, 3.05) is 6.54 Å². The zero-order chi connectivity index (χ0) is 8.04. The second kappa shape index (κ2) is 4.62. The molecule has 0 radical (unpaired) electrons. The summed E-state index contributed by atoms with van der Waals surface area (Å²) < 4.78 is 0. The van der Waals surface area contributed by atoms with Gasteiger partial charge in [-0.3, -0.25) is 0 Å². The minimum atomic E-state index is -2.86. The molecule has 0 saturated heterocycles. The molecule has 0 atom stereocenters. The van der Waals surface area contributed by atoms with E-state index in [0.29, 0.717) is 18.6 Å². The van der Waals surface area contributed by atoms with Crippen molar-refractivity contribution in [2.24, 2.45) is 5.73 Å². The zero-order valence-corrected chi connectivity index (χ0v) is 7.25. The Morgan fingerprint density at radius 1 is 1.40 bits per heavy atom. The van der Waals surface area contributed by atoms with Crippen molar-refractivity contribution in [3.8, 4) is 0 Å². The highest BCUT2D eigenvalue weighted by Gasteiger charge is 2.23. The molecule has 0 aromatic rings. The van der Waals surface area contributed by atoms with E-state index in [1.165, 1.54) is 0 Å². The zero-order valence-electron chi connectivity index (χ0n) is 6.25. The standard InChI is InChI=1S/C6H15NO2Si/c1-2-10(8,9)6-4-3-5-7/h3-4,8-9H,2,5-7H2,1H3/b4-3+. The van der Waals surface area contributed by atoms with Gasteiger partial charge in [0.05, 0.1) is 0 Å². The summed E-state index contributed by atoms with van der Waals surface area (Å²) in [6, 6.07) is 0.864. The van der Waals surface area contributed by atoms with E-state index in [0.717, 1.165) is 0 Å². The maximum absolute atomic E-state index is 9.15. The lowest BCUT2D eigenvalue weighted by atomic mass is 10.5. The van der Waals surface area contributed by atoms with Gasteiger partial charge in [-0.15, -0.1) is 0 Å². The Hall–Kier alpha value is -0.163. The number of nitrogens with two attached hydrogens (primary N) is 1. The molecule has 4 heteroatoms.